The average molecular weight is 388 g/mol. The molecule has 1 fully saturated rings. The first-order valence-electron chi connectivity index (χ1n) is 8.31. The quantitative estimate of drug-likeness (QED) is 0.370. The van der Waals surface area contributed by atoms with Gasteiger partial charge in [0.2, 0.25) is 0 Å². The molecule has 1 heterocycles. The summed E-state index contributed by atoms with van der Waals surface area (Å²) in [4.78, 5) is 4.08. The van der Waals surface area contributed by atoms with Gasteiger partial charge in [0.25, 0.3) is 0 Å². The number of aliphatic imine (C=N–C) groups is 1. The van der Waals surface area contributed by atoms with E-state index in [2.05, 4.69) is 15.6 Å². The standard InChI is InChI=1S/C14H27F3N4O3S/c1-3-24-10-4-7-19-13(18-2)20-11-12-5-8-21(9-6-12)25(22,23)14(15,16)17/h12H,3-11H2,1-2H3,(H2,18,19,20). The molecule has 1 saturated heterocycles. The lowest BCUT2D eigenvalue weighted by Crippen LogP contribution is -2.47. The number of hydrogen-bond donors (Lipinski definition) is 2. The summed E-state index contributed by atoms with van der Waals surface area (Å²) in [5.74, 6) is 0.712. The van der Waals surface area contributed by atoms with E-state index in [1.807, 2.05) is 6.92 Å². The van der Waals surface area contributed by atoms with Crippen LogP contribution in [-0.4, -0.2) is 70.6 Å². The number of guanidine groups is 1. The van der Waals surface area contributed by atoms with Gasteiger partial charge in [-0.15, -0.1) is 0 Å². The number of rotatable bonds is 8. The van der Waals surface area contributed by atoms with Crippen LogP contribution >= 0.6 is 0 Å². The molecule has 0 radical (unpaired) electrons. The number of nitrogens with one attached hydrogen (secondary N) is 2. The molecule has 0 saturated carbocycles. The summed E-state index contributed by atoms with van der Waals surface area (Å²) >= 11 is 0. The Kier molecular flexibility index (Phi) is 8.94. The highest BCUT2D eigenvalue weighted by Gasteiger charge is 2.50. The van der Waals surface area contributed by atoms with Crippen LogP contribution in [0, 0.1) is 5.92 Å². The van der Waals surface area contributed by atoms with Gasteiger partial charge >= 0.3 is 15.5 Å². The van der Waals surface area contributed by atoms with E-state index in [9.17, 15) is 21.6 Å². The summed E-state index contributed by atoms with van der Waals surface area (Å²) in [5.41, 5.74) is -5.23. The molecule has 0 aromatic carbocycles. The van der Waals surface area contributed by atoms with Gasteiger partial charge in [-0.3, -0.25) is 4.99 Å². The Morgan fingerprint density at radius 3 is 2.44 bits per heavy atom. The minimum atomic E-state index is -5.23. The maximum Gasteiger partial charge on any atom is 0.511 e. The van der Waals surface area contributed by atoms with E-state index in [1.165, 1.54) is 0 Å². The Balaban J connectivity index is 2.32. The van der Waals surface area contributed by atoms with Gasteiger partial charge in [0.05, 0.1) is 0 Å². The van der Waals surface area contributed by atoms with E-state index in [0.29, 0.717) is 49.4 Å². The molecule has 1 aliphatic heterocycles. The molecule has 148 valence electrons. The smallest absolute Gasteiger partial charge is 0.382 e. The van der Waals surface area contributed by atoms with Crippen molar-refractivity contribution >= 4 is 16.0 Å². The van der Waals surface area contributed by atoms with Gasteiger partial charge < -0.3 is 15.4 Å². The van der Waals surface area contributed by atoms with Crippen LogP contribution in [0.15, 0.2) is 4.99 Å². The van der Waals surface area contributed by atoms with Crippen LogP contribution in [0.3, 0.4) is 0 Å². The molecule has 11 heteroatoms. The third kappa shape index (κ3) is 6.98. The van der Waals surface area contributed by atoms with Crippen LogP contribution in [0.5, 0.6) is 0 Å². The Hall–Kier alpha value is -1.07. The predicted molar refractivity (Wildman–Crippen MR) is 89.7 cm³/mol. The van der Waals surface area contributed by atoms with Crippen molar-refractivity contribution in [3.05, 3.63) is 0 Å². The fraction of sp³-hybridized carbons (Fsp3) is 0.929. The molecular weight excluding hydrogens is 361 g/mol. The largest absolute Gasteiger partial charge is 0.511 e. The topological polar surface area (TPSA) is 83.0 Å². The van der Waals surface area contributed by atoms with Crippen molar-refractivity contribution < 1.29 is 26.3 Å². The van der Waals surface area contributed by atoms with Gasteiger partial charge in [0.15, 0.2) is 5.96 Å². The molecule has 0 unspecified atom stereocenters. The van der Waals surface area contributed by atoms with E-state index < -0.39 is 15.5 Å². The van der Waals surface area contributed by atoms with Gasteiger partial charge in [-0.2, -0.15) is 17.5 Å². The van der Waals surface area contributed by atoms with Crippen LogP contribution in [0.1, 0.15) is 26.2 Å². The summed E-state index contributed by atoms with van der Waals surface area (Å²) in [6.07, 6.45) is 1.59. The second-order valence-electron chi connectivity index (χ2n) is 5.72. The van der Waals surface area contributed by atoms with Gasteiger partial charge in [0, 0.05) is 46.4 Å². The third-order valence-corrected chi connectivity index (χ3v) is 5.58. The summed E-state index contributed by atoms with van der Waals surface area (Å²) in [7, 11) is -3.58. The molecular formula is C14H27F3N4O3S. The molecule has 25 heavy (non-hydrogen) atoms. The highest BCUT2D eigenvalue weighted by Crippen LogP contribution is 2.30. The van der Waals surface area contributed by atoms with Crippen molar-refractivity contribution in [3.63, 3.8) is 0 Å². The normalized spacial score (nSPS) is 18.4. The maximum absolute atomic E-state index is 12.5. The number of nitrogens with zero attached hydrogens (tertiary/aromatic N) is 2. The first-order chi connectivity index (χ1) is 11.7. The van der Waals surface area contributed by atoms with Crippen molar-refractivity contribution in [1.29, 1.82) is 0 Å². The van der Waals surface area contributed by atoms with Crippen molar-refractivity contribution in [3.8, 4) is 0 Å². The van der Waals surface area contributed by atoms with E-state index in [1.54, 1.807) is 7.05 Å². The minimum Gasteiger partial charge on any atom is -0.382 e. The predicted octanol–water partition coefficient (Wildman–Crippen LogP) is 1.14. The highest BCUT2D eigenvalue weighted by molar-refractivity contribution is 7.90. The van der Waals surface area contributed by atoms with Crippen LogP contribution < -0.4 is 10.6 Å². The number of sulfonamides is 1. The summed E-state index contributed by atoms with van der Waals surface area (Å²) in [5, 5.41) is 6.25. The van der Waals surface area contributed by atoms with Crippen molar-refractivity contribution in [2.75, 3.05) is 46.4 Å². The van der Waals surface area contributed by atoms with Gasteiger partial charge in [-0.1, -0.05) is 0 Å². The Morgan fingerprint density at radius 2 is 1.92 bits per heavy atom. The zero-order valence-electron chi connectivity index (χ0n) is 14.6. The zero-order chi connectivity index (χ0) is 18.9. The minimum absolute atomic E-state index is 0.0988. The molecule has 7 nitrogen and oxygen atoms in total. The lowest BCUT2D eigenvalue weighted by molar-refractivity contribution is -0.0496. The van der Waals surface area contributed by atoms with Crippen LogP contribution in [-0.2, 0) is 14.8 Å². The summed E-state index contributed by atoms with van der Waals surface area (Å²) in [6.45, 7) is 4.26. The van der Waals surface area contributed by atoms with Crippen LogP contribution in [0.25, 0.3) is 0 Å². The second kappa shape index (κ2) is 10.2. The Morgan fingerprint density at radius 1 is 1.28 bits per heavy atom. The van der Waals surface area contributed by atoms with E-state index in [4.69, 9.17) is 4.74 Å². The van der Waals surface area contributed by atoms with Crippen molar-refractivity contribution in [1.82, 2.24) is 14.9 Å². The monoisotopic (exact) mass is 388 g/mol. The fourth-order valence-electron chi connectivity index (χ4n) is 2.49. The van der Waals surface area contributed by atoms with Crippen molar-refractivity contribution in [2.45, 2.75) is 31.7 Å². The molecule has 0 aromatic heterocycles. The molecule has 0 spiro atoms. The Bertz CT molecular complexity index is 518. The van der Waals surface area contributed by atoms with Gasteiger partial charge in [0.1, 0.15) is 0 Å². The molecule has 0 amide bonds. The summed E-state index contributed by atoms with van der Waals surface area (Å²) in [6, 6.07) is 0. The number of halogens is 3. The maximum atomic E-state index is 12.5. The fourth-order valence-corrected chi connectivity index (χ4v) is 3.47. The SMILES string of the molecule is CCOCCCNC(=NC)NCC1CCN(S(=O)(=O)C(F)(F)F)CC1. The molecule has 2 N–H and O–H groups in total. The molecule has 0 bridgehead atoms. The summed E-state index contributed by atoms with van der Waals surface area (Å²) < 4.78 is 66.1. The molecule has 0 aliphatic carbocycles. The average Bonchev–Trinajstić information content (AvgIpc) is 2.56. The molecule has 1 aliphatic rings. The lowest BCUT2D eigenvalue weighted by atomic mass is 9.98. The lowest BCUT2D eigenvalue weighted by Gasteiger charge is -2.31. The zero-order valence-corrected chi connectivity index (χ0v) is 15.4. The highest BCUT2D eigenvalue weighted by atomic mass is 32.2. The molecule has 0 atom stereocenters. The number of alkyl halides is 3. The van der Waals surface area contributed by atoms with Gasteiger partial charge in [-0.25, -0.2) is 8.42 Å². The first kappa shape index (κ1) is 22.0. The first-order valence-corrected chi connectivity index (χ1v) is 9.75. The van der Waals surface area contributed by atoms with E-state index >= 15 is 0 Å². The molecule has 0 aromatic rings. The van der Waals surface area contributed by atoms with E-state index in [0.717, 1.165) is 6.42 Å². The van der Waals surface area contributed by atoms with Crippen LogP contribution in [0.4, 0.5) is 13.2 Å². The number of hydrogen-bond acceptors (Lipinski definition) is 4. The number of piperidine rings is 1. The van der Waals surface area contributed by atoms with Crippen LogP contribution in [0.2, 0.25) is 0 Å². The van der Waals surface area contributed by atoms with Crippen molar-refractivity contribution in [2.24, 2.45) is 10.9 Å². The van der Waals surface area contributed by atoms with E-state index in [-0.39, 0.29) is 19.0 Å². The number of ether oxygens (including phenoxy) is 1. The second-order valence-corrected chi connectivity index (χ2v) is 7.65. The Labute approximate surface area is 147 Å². The molecule has 1 rings (SSSR count). The van der Waals surface area contributed by atoms with Gasteiger partial charge in [-0.05, 0) is 32.1 Å². The third-order valence-electron chi connectivity index (χ3n) is 3.95.